The summed E-state index contributed by atoms with van der Waals surface area (Å²) in [6.45, 7) is 3.99. The fourth-order valence-corrected chi connectivity index (χ4v) is 5.01. The number of hydrogen-bond acceptors (Lipinski definition) is 4. The molecule has 0 saturated carbocycles. The van der Waals surface area contributed by atoms with Crippen molar-refractivity contribution in [2.45, 2.75) is 31.2 Å². The zero-order valence-electron chi connectivity index (χ0n) is 15.4. The van der Waals surface area contributed by atoms with Crippen molar-refractivity contribution in [2.75, 3.05) is 18.4 Å². The zero-order valence-corrected chi connectivity index (χ0v) is 16.2. The molecular formula is C21H23N3O2S. The molecule has 3 aromatic rings. The van der Waals surface area contributed by atoms with E-state index in [-0.39, 0.29) is 0 Å². The van der Waals surface area contributed by atoms with E-state index < -0.39 is 10.0 Å². The number of aromatic nitrogens is 1. The molecule has 27 heavy (non-hydrogen) atoms. The third-order valence-electron chi connectivity index (χ3n) is 4.92. The lowest BCUT2D eigenvalue weighted by molar-refractivity contribution is 0.477. The molecule has 0 unspecified atom stereocenters. The van der Waals surface area contributed by atoms with Crippen LogP contribution in [0, 0.1) is 6.92 Å². The van der Waals surface area contributed by atoms with Crippen molar-refractivity contribution in [2.24, 2.45) is 0 Å². The summed E-state index contributed by atoms with van der Waals surface area (Å²) in [6, 6.07) is 17.3. The van der Waals surface area contributed by atoms with E-state index in [1.807, 2.05) is 18.2 Å². The van der Waals surface area contributed by atoms with Crippen LogP contribution in [0.15, 0.2) is 59.5 Å². The molecule has 4 rings (SSSR count). The minimum atomic E-state index is -3.40. The summed E-state index contributed by atoms with van der Waals surface area (Å²) in [6.07, 6.45) is 1.87. The first kappa shape index (κ1) is 17.9. The molecule has 1 saturated heterocycles. The molecule has 0 bridgehead atoms. The molecule has 2 heterocycles. The van der Waals surface area contributed by atoms with Gasteiger partial charge in [0.1, 0.15) is 5.82 Å². The zero-order chi connectivity index (χ0) is 18.9. The number of pyridine rings is 1. The van der Waals surface area contributed by atoms with Gasteiger partial charge in [-0.15, -0.1) is 0 Å². The molecular weight excluding hydrogens is 358 g/mol. The molecule has 0 atom stereocenters. The van der Waals surface area contributed by atoms with Crippen LogP contribution in [0.4, 0.5) is 5.82 Å². The third-order valence-corrected chi connectivity index (χ3v) is 6.81. The number of rotatable bonds is 5. The monoisotopic (exact) mass is 381 g/mol. The molecule has 1 aromatic heterocycles. The molecule has 1 fully saturated rings. The highest BCUT2D eigenvalue weighted by molar-refractivity contribution is 7.89. The van der Waals surface area contributed by atoms with Crippen LogP contribution >= 0.6 is 0 Å². The summed E-state index contributed by atoms with van der Waals surface area (Å²) in [5.74, 6) is 0.777. The molecule has 6 heteroatoms. The van der Waals surface area contributed by atoms with Crippen LogP contribution in [0.3, 0.4) is 0 Å². The van der Waals surface area contributed by atoms with E-state index in [0.29, 0.717) is 24.5 Å². The summed E-state index contributed by atoms with van der Waals surface area (Å²) in [5.41, 5.74) is 3.21. The van der Waals surface area contributed by atoms with Crippen molar-refractivity contribution >= 4 is 26.7 Å². The van der Waals surface area contributed by atoms with Gasteiger partial charge in [-0.1, -0.05) is 29.8 Å². The standard InChI is InChI=1S/C21H23N3O2S/c1-16-5-4-6-17(13-16)15-22-21-10-7-18-14-19(8-9-20(18)23-21)27(25,26)24-11-2-3-12-24/h4-10,13-14H,2-3,11-12,15H2,1H3,(H,22,23). The highest BCUT2D eigenvalue weighted by Gasteiger charge is 2.27. The molecule has 1 N–H and O–H groups in total. The van der Waals surface area contributed by atoms with Gasteiger partial charge >= 0.3 is 0 Å². The number of benzene rings is 2. The number of hydrogen-bond donors (Lipinski definition) is 1. The van der Waals surface area contributed by atoms with Crippen molar-refractivity contribution in [1.29, 1.82) is 0 Å². The summed E-state index contributed by atoms with van der Waals surface area (Å²) in [4.78, 5) is 4.96. The van der Waals surface area contributed by atoms with E-state index in [9.17, 15) is 8.42 Å². The Bertz CT molecular complexity index is 1070. The smallest absolute Gasteiger partial charge is 0.243 e. The third kappa shape index (κ3) is 3.82. The topological polar surface area (TPSA) is 62.3 Å². The van der Waals surface area contributed by atoms with E-state index in [0.717, 1.165) is 29.6 Å². The van der Waals surface area contributed by atoms with Gasteiger partial charge in [-0.2, -0.15) is 4.31 Å². The van der Waals surface area contributed by atoms with Crippen LogP contribution in [-0.2, 0) is 16.6 Å². The highest BCUT2D eigenvalue weighted by Crippen LogP contribution is 2.24. The van der Waals surface area contributed by atoms with Crippen LogP contribution in [0.25, 0.3) is 10.9 Å². The maximum Gasteiger partial charge on any atom is 0.243 e. The molecule has 140 valence electrons. The van der Waals surface area contributed by atoms with Gasteiger partial charge in [-0.25, -0.2) is 13.4 Å². The van der Waals surface area contributed by atoms with Crippen LogP contribution in [-0.4, -0.2) is 30.8 Å². The second-order valence-corrected chi connectivity index (χ2v) is 8.94. The fourth-order valence-electron chi connectivity index (χ4n) is 3.45. The molecule has 0 amide bonds. The summed E-state index contributed by atoms with van der Waals surface area (Å²) in [7, 11) is -3.40. The Balaban J connectivity index is 1.55. The quantitative estimate of drug-likeness (QED) is 0.727. The Kier molecular flexibility index (Phi) is 4.85. The van der Waals surface area contributed by atoms with Gasteiger partial charge in [0, 0.05) is 25.0 Å². The van der Waals surface area contributed by atoms with Crippen molar-refractivity contribution in [3.63, 3.8) is 0 Å². The minimum absolute atomic E-state index is 0.346. The molecule has 0 radical (unpaired) electrons. The van der Waals surface area contributed by atoms with Gasteiger partial charge in [0.2, 0.25) is 10.0 Å². The number of fused-ring (bicyclic) bond motifs is 1. The lowest BCUT2D eigenvalue weighted by Gasteiger charge is -2.15. The first-order valence-electron chi connectivity index (χ1n) is 9.23. The van der Waals surface area contributed by atoms with E-state index in [2.05, 4.69) is 35.4 Å². The van der Waals surface area contributed by atoms with Crippen molar-refractivity contribution in [3.8, 4) is 0 Å². The van der Waals surface area contributed by atoms with Crippen LogP contribution in [0.5, 0.6) is 0 Å². The lowest BCUT2D eigenvalue weighted by atomic mass is 10.1. The van der Waals surface area contributed by atoms with Crippen molar-refractivity contribution in [1.82, 2.24) is 9.29 Å². The van der Waals surface area contributed by atoms with Gasteiger partial charge in [0.05, 0.1) is 10.4 Å². The summed E-state index contributed by atoms with van der Waals surface area (Å²) in [5, 5.41) is 4.16. The molecule has 1 aliphatic rings. The Morgan fingerprint density at radius 2 is 1.85 bits per heavy atom. The molecule has 1 aliphatic heterocycles. The normalized spacial score (nSPS) is 15.3. The Morgan fingerprint density at radius 3 is 2.63 bits per heavy atom. The maximum atomic E-state index is 12.7. The van der Waals surface area contributed by atoms with Gasteiger partial charge < -0.3 is 5.32 Å². The highest BCUT2D eigenvalue weighted by atomic mass is 32.2. The van der Waals surface area contributed by atoms with Crippen molar-refractivity contribution in [3.05, 3.63) is 65.7 Å². The van der Waals surface area contributed by atoms with E-state index in [1.165, 1.54) is 11.1 Å². The van der Waals surface area contributed by atoms with Crippen LogP contribution in [0.2, 0.25) is 0 Å². The summed E-state index contributed by atoms with van der Waals surface area (Å²) < 4.78 is 27.0. The Labute approximate surface area is 160 Å². The van der Waals surface area contributed by atoms with Crippen LogP contribution < -0.4 is 5.32 Å². The van der Waals surface area contributed by atoms with Gasteiger partial charge in [0.25, 0.3) is 0 Å². The molecule has 0 aliphatic carbocycles. The first-order valence-corrected chi connectivity index (χ1v) is 10.7. The van der Waals surface area contributed by atoms with Gasteiger partial charge in [-0.3, -0.25) is 0 Å². The average molecular weight is 382 g/mol. The Hall–Kier alpha value is -2.44. The number of nitrogens with one attached hydrogen (secondary N) is 1. The predicted octanol–water partition coefficient (Wildman–Crippen LogP) is 3.94. The van der Waals surface area contributed by atoms with E-state index >= 15 is 0 Å². The largest absolute Gasteiger partial charge is 0.366 e. The first-order chi connectivity index (χ1) is 13.0. The number of sulfonamides is 1. The maximum absolute atomic E-state index is 12.7. The number of nitrogens with zero attached hydrogens (tertiary/aromatic N) is 2. The average Bonchev–Trinajstić information content (AvgIpc) is 3.21. The second kappa shape index (κ2) is 7.29. The van der Waals surface area contributed by atoms with Crippen LogP contribution in [0.1, 0.15) is 24.0 Å². The number of aryl methyl sites for hydroxylation is 1. The van der Waals surface area contributed by atoms with Crippen molar-refractivity contribution < 1.29 is 8.42 Å². The minimum Gasteiger partial charge on any atom is -0.366 e. The fraction of sp³-hybridized carbons (Fsp3) is 0.286. The molecule has 0 spiro atoms. The lowest BCUT2D eigenvalue weighted by Crippen LogP contribution is -2.27. The second-order valence-electron chi connectivity index (χ2n) is 7.00. The summed E-state index contributed by atoms with van der Waals surface area (Å²) >= 11 is 0. The predicted molar refractivity (Wildman–Crippen MR) is 108 cm³/mol. The van der Waals surface area contributed by atoms with Gasteiger partial charge in [-0.05, 0) is 55.7 Å². The number of anilines is 1. The van der Waals surface area contributed by atoms with E-state index in [4.69, 9.17) is 0 Å². The van der Waals surface area contributed by atoms with E-state index in [1.54, 1.807) is 22.5 Å². The SMILES string of the molecule is Cc1cccc(CNc2ccc3cc(S(=O)(=O)N4CCCC4)ccc3n2)c1. The Morgan fingerprint density at radius 1 is 1.04 bits per heavy atom. The molecule has 5 nitrogen and oxygen atoms in total. The molecule has 2 aromatic carbocycles. The van der Waals surface area contributed by atoms with Gasteiger partial charge in [0.15, 0.2) is 0 Å².